The summed E-state index contributed by atoms with van der Waals surface area (Å²) in [7, 11) is 0. The van der Waals surface area contributed by atoms with E-state index in [0.717, 1.165) is 22.0 Å². The molecule has 0 N–H and O–H groups in total. The topological polar surface area (TPSA) is 26.3 Å². The molecule has 2 aliphatic carbocycles. The molecule has 3 aliphatic rings. The number of halogens is 1. The van der Waals surface area contributed by atoms with E-state index in [4.69, 9.17) is 4.74 Å². The summed E-state index contributed by atoms with van der Waals surface area (Å²) in [6.45, 7) is 0. The van der Waals surface area contributed by atoms with E-state index in [1.54, 1.807) is 0 Å². The van der Waals surface area contributed by atoms with Crippen molar-refractivity contribution in [3.8, 4) is 0 Å². The minimum atomic E-state index is -0.289. The zero-order chi connectivity index (χ0) is 15.9. The Labute approximate surface area is 145 Å². The number of ether oxygens (including phenoxy) is 1. The molecule has 1 atom stereocenters. The molecule has 1 saturated carbocycles. The third-order valence-electron chi connectivity index (χ3n) is 5.24. The Morgan fingerprint density at radius 2 is 1.83 bits per heavy atom. The van der Waals surface area contributed by atoms with Crippen LogP contribution in [-0.4, -0.2) is 5.97 Å². The first kappa shape index (κ1) is 14.9. The first-order chi connectivity index (χ1) is 11.2. The molecule has 4 rings (SSSR count). The first-order valence-corrected chi connectivity index (χ1v) is 9.03. The molecule has 0 radical (unpaired) electrons. The lowest BCUT2D eigenvalue weighted by Crippen LogP contribution is -2.12. The Bertz CT molecular complexity index is 719. The molecule has 0 aromatic heterocycles. The van der Waals surface area contributed by atoms with E-state index in [9.17, 15) is 4.79 Å². The van der Waals surface area contributed by atoms with Crippen molar-refractivity contribution in [3.05, 3.63) is 69.8 Å². The van der Waals surface area contributed by atoms with Gasteiger partial charge in [-0.3, -0.25) is 0 Å². The van der Waals surface area contributed by atoms with Crippen LogP contribution in [0.5, 0.6) is 0 Å². The highest BCUT2D eigenvalue weighted by atomic mass is 79.9. The predicted molar refractivity (Wildman–Crippen MR) is 93.8 cm³/mol. The molecule has 0 amide bonds. The fourth-order valence-electron chi connectivity index (χ4n) is 3.92. The van der Waals surface area contributed by atoms with Gasteiger partial charge < -0.3 is 4.74 Å². The summed E-state index contributed by atoms with van der Waals surface area (Å²) in [5.41, 5.74) is 3.01. The van der Waals surface area contributed by atoms with E-state index in [-0.39, 0.29) is 17.5 Å². The van der Waals surface area contributed by atoms with Gasteiger partial charge in [-0.15, -0.1) is 0 Å². The zero-order valence-corrected chi connectivity index (χ0v) is 14.5. The lowest BCUT2D eigenvalue weighted by Gasteiger charge is -2.24. The van der Waals surface area contributed by atoms with Crippen molar-refractivity contribution >= 4 is 21.9 Å². The average molecular weight is 371 g/mol. The highest BCUT2D eigenvalue weighted by molar-refractivity contribution is 9.10. The molecule has 3 heteroatoms. The van der Waals surface area contributed by atoms with Crippen LogP contribution in [0.25, 0.3) is 0 Å². The fraction of sp³-hybridized carbons (Fsp3) is 0.350. The molecule has 1 heterocycles. The lowest BCUT2D eigenvalue weighted by molar-refractivity contribution is -0.139. The van der Waals surface area contributed by atoms with E-state index in [2.05, 4.69) is 34.2 Å². The number of benzene rings is 1. The van der Waals surface area contributed by atoms with Crippen molar-refractivity contribution in [3.63, 3.8) is 0 Å². The number of carbonyl (C=O) groups excluding carboxylic acids is 1. The number of carbonyl (C=O) groups is 1. The van der Waals surface area contributed by atoms with Gasteiger partial charge in [-0.05, 0) is 42.4 Å². The normalized spacial score (nSPS) is 28.2. The van der Waals surface area contributed by atoms with Gasteiger partial charge in [0, 0.05) is 10.0 Å². The van der Waals surface area contributed by atoms with Gasteiger partial charge >= 0.3 is 5.97 Å². The Morgan fingerprint density at radius 1 is 1.09 bits per heavy atom. The molecule has 1 fully saturated rings. The monoisotopic (exact) mass is 370 g/mol. The van der Waals surface area contributed by atoms with Gasteiger partial charge in [0.15, 0.2) is 6.10 Å². The van der Waals surface area contributed by atoms with Gasteiger partial charge in [0.25, 0.3) is 0 Å². The van der Waals surface area contributed by atoms with Crippen LogP contribution in [-0.2, 0) is 9.53 Å². The number of esters is 1. The quantitative estimate of drug-likeness (QED) is 0.616. The van der Waals surface area contributed by atoms with Gasteiger partial charge in [0.05, 0.1) is 5.57 Å². The Kier molecular flexibility index (Phi) is 3.76. The second kappa shape index (κ2) is 5.79. The Hall–Kier alpha value is -1.61. The first-order valence-electron chi connectivity index (χ1n) is 8.23. The summed E-state index contributed by atoms with van der Waals surface area (Å²) >= 11 is 3.45. The van der Waals surface area contributed by atoms with Crippen LogP contribution >= 0.6 is 15.9 Å². The molecular weight excluding hydrogens is 352 g/mol. The molecule has 2 nitrogen and oxygen atoms in total. The minimum Gasteiger partial charge on any atom is -0.449 e. The van der Waals surface area contributed by atoms with Gasteiger partial charge in [0.2, 0.25) is 0 Å². The minimum absolute atomic E-state index is 0.212. The molecule has 118 valence electrons. The summed E-state index contributed by atoms with van der Waals surface area (Å²) in [6, 6.07) is 8.00. The van der Waals surface area contributed by atoms with Crippen LogP contribution < -0.4 is 0 Å². The summed E-state index contributed by atoms with van der Waals surface area (Å²) in [6.07, 6.45) is 14.5. The van der Waals surface area contributed by atoms with Gasteiger partial charge in [-0.25, -0.2) is 4.79 Å². The van der Waals surface area contributed by atoms with Crippen LogP contribution in [0, 0.1) is 5.41 Å². The second-order valence-electron chi connectivity index (χ2n) is 6.72. The van der Waals surface area contributed by atoms with Crippen molar-refractivity contribution in [2.24, 2.45) is 5.41 Å². The van der Waals surface area contributed by atoms with Gasteiger partial charge in [0.1, 0.15) is 0 Å². The summed E-state index contributed by atoms with van der Waals surface area (Å²) in [5, 5.41) is 0. The van der Waals surface area contributed by atoms with E-state index in [1.165, 1.54) is 25.7 Å². The lowest BCUT2D eigenvalue weighted by atomic mass is 9.80. The van der Waals surface area contributed by atoms with E-state index in [0.29, 0.717) is 5.57 Å². The standard InChI is InChI=1S/C20H19BrO2/c21-15-7-5-14(6-8-15)18-16-9-13-20(10-1-2-11-20)12-3-4-17(16)19(22)23-18/h3-9,13,18H,1-2,10-12H2/b4-3-,13-9-. The summed E-state index contributed by atoms with van der Waals surface area (Å²) < 4.78 is 6.69. The van der Waals surface area contributed by atoms with Crippen molar-refractivity contribution < 1.29 is 9.53 Å². The van der Waals surface area contributed by atoms with Crippen LogP contribution in [0.15, 0.2) is 64.2 Å². The van der Waals surface area contributed by atoms with Crippen LogP contribution in [0.1, 0.15) is 43.8 Å². The number of rotatable bonds is 1. The van der Waals surface area contributed by atoms with Crippen molar-refractivity contribution in [2.75, 3.05) is 0 Å². The number of cyclic esters (lactones) is 1. The number of hydrogen-bond acceptors (Lipinski definition) is 2. The summed E-state index contributed by atoms with van der Waals surface area (Å²) in [5.74, 6) is -0.212. The Morgan fingerprint density at radius 3 is 2.57 bits per heavy atom. The van der Waals surface area contributed by atoms with E-state index >= 15 is 0 Å². The SMILES string of the molecule is O=C1OC(c2ccc(Br)cc2)C2=C1/C=C\CC1(/C=C\2)CCCC1. The molecule has 0 bridgehead atoms. The fourth-order valence-corrected chi connectivity index (χ4v) is 4.18. The number of allylic oxidation sites excluding steroid dienone is 2. The van der Waals surface area contributed by atoms with E-state index in [1.807, 2.05) is 30.3 Å². The molecule has 23 heavy (non-hydrogen) atoms. The van der Waals surface area contributed by atoms with Crippen LogP contribution in [0.4, 0.5) is 0 Å². The summed E-state index contributed by atoms with van der Waals surface area (Å²) in [4.78, 5) is 12.3. The maximum Gasteiger partial charge on any atom is 0.339 e. The maximum atomic E-state index is 12.3. The van der Waals surface area contributed by atoms with Crippen LogP contribution in [0.2, 0.25) is 0 Å². The van der Waals surface area contributed by atoms with Crippen molar-refractivity contribution in [1.82, 2.24) is 0 Å². The van der Waals surface area contributed by atoms with Crippen molar-refractivity contribution in [2.45, 2.75) is 38.2 Å². The second-order valence-corrected chi connectivity index (χ2v) is 7.63. The zero-order valence-electron chi connectivity index (χ0n) is 12.9. The molecule has 1 aromatic rings. The van der Waals surface area contributed by atoms with Gasteiger partial charge in [-0.1, -0.05) is 65.2 Å². The third kappa shape index (κ3) is 2.72. The molecule has 1 aliphatic heterocycles. The molecular formula is C20H19BrO2. The van der Waals surface area contributed by atoms with Gasteiger partial charge in [-0.2, -0.15) is 0 Å². The maximum absolute atomic E-state index is 12.3. The molecule has 0 saturated heterocycles. The Balaban J connectivity index is 1.74. The third-order valence-corrected chi connectivity index (χ3v) is 5.76. The molecule has 1 spiro atoms. The largest absolute Gasteiger partial charge is 0.449 e. The predicted octanol–water partition coefficient (Wildman–Crippen LogP) is 5.42. The van der Waals surface area contributed by atoms with Crippen LogP contribution in [0.3, 0.4) is 0 Å². The van der Waals surface area contributed by atoms with E-state index < -0.39 is 0 Å². The average Bonchev–Trinajstić information content (AvgIpc) is 3.10. The smallest absolute Gasteiger partial charge is 0.339 e. The highest BCUT2D eigenvalue weighted by Crippen LogP contribution is 2.46. The van der Waals surface area contributed by atoms with Crippen molar-refractivity contribution in [1.29, 1.82) is 0 Å². The number of hydrogen-bond donors (Lipinski definition) is 0. The molecule has 1 unspecified atom stereocenters. The highest BCUT2D eigenvalue weighted by Gasteiger charge is 2.36. The molecule has 1 aromatic carbocycles.